The van der Waals surface area contributed by atoms with E-state index < -0.39 is 0 Å². The van der Waals surface area contributed by atoms with Gasteiger partial charge < -0.3 is 9.32 Å². The van der Waals surface area contributed by atoms with Gasteiger partial charge in [-0.1, -0.05) is 25.1 Å². The van der Waals surface area contributed by atoms with Crippen LogP contribution < -0.4 is 0 Å². The normalized spacial score (nSPS) is 10.8. The number of furan rings is 1. The van der Waals surface area contributed by atoms with Crippen LogP contribution in [0.15, 0.2) is 46.2 Å². The van der Waals surface area contributed by atoms with Crippen LogP contribution in [-0.4, -0.2) is 38.0 Å². The zero-order valence-corrected chi connectivity index (χ0v) is 15.6. The highest BCUT2D eigenvalue weighted by molar-refractivity contribution is 7.98. The van der Waals surface area contributed by atoms with E-state index in [4.69, 9.17) is 4.42 Å². The summed E-state index contributed by atoms with van der Waals surface area (Å²) >= 11 is 1.46. The van der Waals surface area contributed by atoms with Crippen LogP contribution in [0.2, 0.25) is 0 Å². The molecule has 0 radical (unpaired) electrons. The molecule has 8 heteroatoms. The topological polar surface area (TPSA) is 87.9 Å². The molecule has 0 fully saturated rings. The molecule has 0 saturated carbocycles. The van der Waals surface area contributed by atoms with Crippen LogP contribution in [0.5, 0.6) is 0 Å². The highest BCUT2D eigenvalue weighted by atomic mass is 32.2. The van der Waals surface area contributed by atoms with Crippen molar-refractivity contribution in [2.75, 3.05) is 7.05 Å². The van der Waals surface area contributed by atoms with Crippen molar-refractivity contribution in [1.82, 2.24) is 25.1 Å². The lowest BCUT2D eigenvalue weighted by Gasteiger charge is -2.14. The highest BCUT2D eigenvalue weighted by Crippen LogP contribution is 2.21. The van der Waals surface area contributed by atoms with E-state index in [0.717, 1.165) is 24.2 Å². The largest absolute Gasteiger partial charge is 0.455 e. The number of hydrogen-bond acceptors (Lipinski definition) is 6. The Morgan fingerprint density at radius 2 is 2.12 bits per heavy atom. The second kappa shape index (κ2) is 8.66. The molecular formula is C18H21N5O2S. The lowest BCUT2D eigenvalue weighted by molar-refractivity contribution is 0.0750. The smallest absolute Gasteiger partial charge is 0.289 e. The first-order valence-corrected chi connectivity index (χ1v) is 9.41. The number of nitrogens with zero attached hydrogens (tertiary/aromatic N) is 4. The van der Waals surface area contributed by atoms with E-state index in [1.807, 2.05) is 12.1 Å². The van der Waals surface area contributed by atoms with E-state index in [0.29, 0.717) is 29.0 Å². The average Bonchev–Trinajstić information content (AvgIpc) is 3.30. The molecular weight excluding hydrogens is 350 g/mol. The molecule has 0 unspecified atom stereocenters. The van der Waals surface area contributed by atoms with Gasteiger partial charge in [0, 0.05) is 19.4 Å². The first-order valence-electron chi connectivity index (χ1n) is 8.43. The summed E-state index contributed by atoms with van der Waals surface area (Å²) in [6.07, 6.45) is 5.37. The number of rotatable bonds is 8. The lowest BCUT2D eigenvalue weighted by Crippen LogP contribution is -2.25. The van der Waals surface area contributed by atoms with Gasteiger partial charge in [-0.2, -0.15) is 5.10 Å². The van der Waals surface area contributed by atoms with Gasteiger partial charge in [-0.25, -0.2) is 9.97 Å². The fourth-order valence-electron chi connectivity index (χ4n) is 2.46. The summed E-state index contributed by atoms with van der Waals surface area (Å²) in [5, 5.41) is 7.90. The maximum absolute atomic E-state index is 12.5. The van der Waals surface area contributed by atoms with E-state index in [-0.39, 0.29) is 5.91 Å². The second-order valence-electron chi connectivity index (χ2n) is 5.88. The fourth-order valence-corrected chi connectivity index (χ4v) is 3.15. The maximum Gasteiger partial charge on any atom is 0.289 e. The van der Waals surface area contributed by atoms with Gasteiger partial charge in [-0.05, 0) is 30.7 Å². The Labute approximate surface area is 156 Å². The molecule has 26 heavy (non-hydrogen) atoms. The number of H-pyrrole nitrogens is 1. The van der Waals surface area contributed by atoms with Gasteiger partial charge in [0.15, 0.2) is 10.9 Å². The first kappa shape index (κ1) is 18.2. The van der Waals surface area contributed by atoms with Crippen molar-refractivity contribution in [2.45, 2.75) is 37.2 Å². The van der Waals surface area contributed by atoms with Crippen molar-refractivity contribution in [3.05, 3.63) is 59.6 Å². The number of carbonyl (C=O) groups excluding carboxylic acids is 1. The SMILES string of the molecule is CCCc1cc(CN(C)C(=O)c2ccc(CSc3ncccn3)o2)[nH]n1. The minimum Gasteiger partial charge on any atom is -0.455 e. The summed E-state index contributed by atoms with van der Waals surface area (Å²) in [6.45, 7) is 2.57. The van der Waals surface area contributed by atoms with Crippen molar-refractivity contribution in [1.29, 1.82) is 0 Å². The fraction of sp³-hybridized carbons (Fsp3) is 0.333. The third kappa shape index (κ3) is 4.72. The Hall–Kier alpha value is -2.61. The van der Waals surface area contributed by atoms with Crippen molar-refractivity contribution < 1.29 is 9.21 Å². The Morgan fingerprint density at radius 1 is 1.31 bits per heavy atom. The Morgan fingerprint density at radius 3 is 2.88 bits per heavy atom. The van der Waals surface area contributed by atoms with Crippen LogP contribution in [0.3, 0.4) is 0 Å². The van der Waals surface area contributed by atoms with E-state index in [9.17, 15) is 4.79 Å². The first-order chi connectivity index (χ1) is 12.7. The Kier molecular flexibility index (Phi) is 6.06. The molecule has 0 aliphatic heterocycles. The van der Waals surface area contributed by atoms with Crippen LogP contribution in [-0.2, 0) is 18.7 Å². The van der Waals surface area contributed by atoms with E-state index in [1.54, 1.807) is 36.5 Å². The lowest BCUT2D eigenvalue weighted by atomic mass is 10.2. The number of aromatic amines is 1. The van der Waals surface area contributed by atoms with Crippen LogP contribution in [0, 0.1) is 0 Å². The predicted octanol–water partition coefficient (Wildman–Crippen LogP) is 3.31. The second-order valence-corrected chi connectivity index (χ2v) is 6.82. The van der Waals surface area contributed by atoms with Gasteiger partial charge in [0.1, 0.15) is 5.76 Å². The molecule has 0 atom stereocenters. The van der Waals surface area contributed by atoms with Crippen LogP contribution >= 0.6 is 11.8 Å². The molecule has 1 amide bonds. The van der Waals surface area contributed by atoms with Crippen molar-refractivity contribution >= 4 is 17.7 Å². The molecule has 0 bridgehead atoms. The van der Waals surface area contributed by atoms with Gasteiger partial charge in [0.25, 0.3) is 5.91 Å². The molecule has 3 rings (SSSR count). The Balaban J connectivity index is 1.56. The minimum absolute atomic E-state index is 0.163. The van der Waals surface area contributed by atoms with Gasteiger partial charge in [-0.15, -0.1) is 0 Å². The number of aryl methyl sites for hydroxylation is 1. The van der Waals surface area contributed by atoms with Gasteiger partial charge in [0.2, 0.25) is 0 Å². The third-order valence-electron chi connectivity index (χ3n) is 3.70. The number of aromatic nitrogens is 4. The molecule has 0 aromatic carbocycles. The number of hydrogen-bond donors (Lipinski definition) is 1. The van der Waals surface area contributed by atoms with E-state index in [2.05, 4.69) is 27.1 Å². The minimum atomic E-state index is -0.163. The highest BCUT2D eigenvalue weighted by Gasteiger charge is 2.17. The molecule has 3 aromatic rings. The third-order valence-corrected chi connectivity index (χ3v) is 4.60. The average molecular weight is 371 g/mol. The van der Waals surface area contributed by atoms with E-state index >= 15 is 0 Å². The van der Waals surface area contributed by atoms with Crippen LogP contribution in [0.1, 0.15) is 41.0 Å². The summed E-state index contributed by atoms with van der Waals surface area (Å²) in [4.78, 5) is 22.4. The molecule has 3 aromatic heterocycles. The maximum atomic E-state index is 12.5. The number of amides is 1. The quantitative estimate of drug-likeness (QED) is 0.483. The summed E-state index contributed by atoms with van der Waals surface area (Å²) in [7, 11) is 1.75. The molecule has 0 saturated heterocycles. The monoisotopic (exact) mass is 371 g/mol. The molecule has 7 nitrogen and oxygen atoms in total. The molecule has 1 N–H and O–H groups in total. The summed E-state index contributed by atoms with van der Waals surface area (Å²) in [6, 6.07) is 7.29. The number of thioether (sulfide) groups is 1. The zero-order valence-electron chi connectivity index (χ0n) is 14.8. The van der Waals surface area contributed by atoms with Crippen LogP contribution in [0.4, 0.5) is 0 Å². The summed E-state index contributed by atoms with van der Waals surface area (Å²) in [5.74, 6) is 1.45. The van der Waals surface area contributed by atoms with Crippen molar-refractivity contribution in [2.24, 2.45) is 0 Å². The summed E-state index contributed by atoms with van der Waals surface area (Å²) in [5.41, 5.74) is 1.93. The molecule has 136 valence electrons. The van der Waals surface area contributed by atoms with E-state index in [1.165, 1.54) is 11.8 Å². The Bertz CT molecular complexity index is 846. The summed E-state index contributed by atoms with van der Waals surface area (Å²) < 4.78 is 5.68. The predicted molar refractivity (Wildman–Crippen MR) is 98.7 cm³/mol. The van der Waals surface area contributed by atoms with Gasteiger partial charge in [-0.3, -0.25) is 9.89 Å². The molecule has 0 aliphatic rings. The van der Waals surface area contributed by atoms with Crippen molar-refractivity contribution in [3.8, 4) is 0 Å². The molecule has 3 heterocycles. The van der Waals surface area contributed by atoms with Crippen LogP contribution in [0.25, 0.3) is 0 Å². The molecule has 0 aliphatic carbocycles. The number of carbonyl (C=O) groups is 1. The molecule has 0 spiro atoms. The number of nitrogens with one attached hydrogen (secondary N) is 1. The zero-order chi connectivity index (χ0) is 18.4. The van der Waals surface area contributed by atoms with Gasteiger partial charge in [0.05, 0.1) is 23.7 Å². The van der Waals surface area contributed by atoms with Gasteiger partial charge >= 0.3 is 0 Å². The standard InChI is InChI=1S/C18H21N5O2S/c1-3-5-13-10-14(22-21-13)11-23(2)17(24)16-7-6-15(25-16)12-26-18-19-8-4-9-20-18/h4,6-10H,3,5,11-12H2,1-2H3,(H,21,22). The van der Waals surface area contributed by atoms with Crippen molar-refractivity contribution in [3.63, 3.8) is 0 Å².